The lowest BCUT2D eigenvalue weighted by atomic mass is 9.76. The van der Waals surface area contributed by atoms with E-state index in [4.69, 9.17) is 42.8 Å². The standard InChI is InChI=1S/C26H32Cl2N6S.CO2/c1-15-8-20(9-15)33-7-3-4-17(11-33)18-12-34(13-18)26-31-24(23-25(32-26)35-14-29-23)30-16(2)21-6-5-19(27)10-22(21)28;2-1-3/h5-6,10,14-18,20H,3-4,7-9,11-13H2,1-2H3,(H,30,31,32);/t15?,16-,17+,20?;/m1./s1. The largest absolute Gasteiger partial charge is 0.373 e. The van der Waals surface area contributed by atoms with Gasteiger partial charge < -0.3 is 15.1 Å². The number of nitrogens with one attached hydrogen (secondary N) is 1. The van der Waals surface area contributed by atoms with Crippen LogP contribution in [-0.4, -0.2) is 58.2 Å². The van der Waals surface area contributed by atoms with Gasteiger partial charge in [-0.25, -0.2) is 4.98 Å². The van der Waals surface area contributed by atoms with Gasteiger partial charge in [-0.15, -0.1) is 11.3 Å². The number of rotatable bonds is 6. The van der Waals surface area contributed by atoms with Crippen molar-refractivity contribution < 1.29 is 9.59 Å². The molecular weight excluding hydrogens is 543 g/mol. The minimum Gasteiger partial charge on any atom is -0.361 e. The highest BCUT2D eigenvalue weighted by Crippen LogP contribution is 2.39. The molecule has 2 aliphatic heterocycles. The van der Waals surface area contributed by atoms with Crippen molar-refractivity contribution in [3.63, 3.8) is 0 Å². The van der Waals surface area contributed by atoms with Crippen LogP contribution in [0.25, 0.3) is 10.3 Å². The van der Waals surface area contributed by atoms with Crippen LogP contribution in [0.15, 0.2) is 23.7 Å². The van der Waals surface area contributed by atoms with E-state index in [-0.39, 0.29) is 12.2 Å². The molecule has 6 rings (SSSR count). The van der Waals surface area contributed by atoms with Crippen molar-refractivity contribution in [1.29, 1.82) is 0 Å². The summed E-state index contributed by atoms with van der Waals surface area (Å²) < 4.78 is 0. The molecule has 8 nitrogen and oxygen atoms in total. The van der Waals surface area contributed by atoms with Crippen LogP contribution in [0, 0.1) is 17.8 Å². The van der Waals surface area contributed by atoms with Gasteiger partial charge in [0.25, 0.3) is 0 Å². The number of piperidine rings is 1. The summed E-state index contributed by atoms with van der Waals surface area (Å²) in [6, 6.07) is 6.40. The third-order valence-corrected chi connectivity index (χ3v) is 9.46. The predicted molar refractivity (Wildman–Crippen MR) is 151 cm³/mol. The summed E-state index contributed by atoms with van der Waals surface area (Å²) >= 11 is 14.1. The van der Waals surface area contributed by atoms with Crippen LogP contribution in [0.3, 0.4) is 0 Å². The van der Waals surface area contributed by atoms with Crippen LogP contribution in [-0.2, 0) is 9.59 Å². The first-order chi connectivity index (χ1) is 18.4. The SMILES string of the molecule is CC1CC(N2CCC[C@H](C3CN(c4nc(N[C@H](C)c5ccc(Cl)cc5Cl)c5ncsc5n4)C3)C2)C1.O=C=O. The predicted octanol–water partition coefficient (Wildman–Crippen LogP) is 5.93. The molecule has 1 aromatic carbocycles. The van der Waals surface area contributed by atoms with E-state index in [0.717, 1.165) is 64.6 Å². The smallest absolute Gasteiger partial charge is 0.361 e. The minimum atomic E-state index is -0.0426. The maximum Gasteiger partial charge on any atom is 0.373 e. The van der Waals surface area contributed by atoms with Gasteiger partial charge in [-0.05, 0) is 74.6 Å². The molecule has 38 heavy (non-hydrogen) atoms. The number of likely N-dealkylation sites (tertiary alicyclic amines) is 1. The fraction of sp³-hybridized carbons (Fsp3) is 0.556. The summed E-state index contributed by atoms with van der Waals surface area (Å²) in [5, 5.41) is 4.81. The lowest BCUT2D eigenvalue weighted by molar-refractivity contribution is -0.191. The third kappa shape index (κ3) is 5.82. The maximum absolute atomic E-state index is 8.12. The normalized spacial score (nSPS) is 24.5. The quantitative estimate of drug-likeness (QED) is 0.387. The van der Waals surface area contributed by atoms with Crippen molar-refractivity contribution in [2.24, 2.45) is 17.8 Å². The molecule has 0 bridgehead atoms. The maximum atomic E-state index is 8.12. The number of nitrogens with zero attached hydrogens (tertiary/aromatic N) is 5. The fourth-order valence-corrected chi connectivity index (χ4v) is 7.24. The molecule has 2 atom stereocenters. The Morgan fingerprint density at radius 2 is 1.89 bits per heavy atom. The monoisotopic (exact) mass is 574 g/mol. The molecule has 3 fully saturated rings. The molecule has 1 aliphatic carbocycles. The molecule has 3 aliphatic rings. The molecule has 11 heteroatoms. The van der Waals surface area contributed by atoms with Crippen molar-refractivity contribution >= 4 is 62.8 Å². The van der Waals surface area contributed by atoms with Crippen molar-refractivity contribution in [2.75, 3.05) is 36.4 Å². The highest BCUT2D eigenvalue weighted by atomic mass is 35.5. The molecule has 0 unspecified atom stereocenters. The van der Waals surface area contributed by atoms with Crippen LogP contribution >= 0.6 is 34.5 Å². The van der Waals surface area contributed by atoms with Gasteiger partial charge in [-0.2, -0.15) is 19.6 Å². The van der Waals surface area contributed by atoms with E-state index in [1.165, 1.54) is 38.8 Å². The van der Waals surface area contributed by atoms with Crippen molar-refractivity contribution in [1.82, 2.24) is 19.9 Å². The second-order valence-corrected chi connectivity index (χ2v) is 12.5. The number of halogens is 2. The van der Waals surface area contributed by atoms with Crippen LogP contribution < -0.4 is 10.2 Å². The van der Waals surface area contributed by atoms with E-state index in [9.17, 15) is 0 Å². The average molecular weight is 576 g/mol. The van der Waals surface area contributed by atoms with Crippen molar-refractivity contribution in [3.8, 4) is 0 Å². The van der Waals surface area contributed by atoms with Crippen molar-refractivity contribution in [3.05, 3.63) is 39.3 Å². The van der Waals surface area contributed by atoms with Crippen molar-refractivity contribution in [2.45, 2.75) is 51.6 Å². The molecular formula is C27H32Cl2N6O2S. The van der Waals surface area contributed by atoms with Crippen LogP contribution in [0.2, 0.25) is 10.0 Å². The molecule has 0 spiro atoms. The van der Waals surface area contributed by atoms with E-state index in [1.807, 2.05) is 17.6 Å². The highest BCUT2D eigenvalue weighted by molar-refractivity contribution is 7.16. The van der Waals surface area contributed by atoms with E-state index in [0.29, 0.717) is 10.0 Å². The number of hydrogen-bond donors (Lipinski definition) is 1. The summed E-state index contributed by atoms with van der Waals surface area (Å²) in [4.78, 5) is 36.6. The minimum absolute atomic E-state index is 0.0426. The van der Waals surface area contributed by atoms with Gasteiger partial charge in [0.1, 0.15) is 5.52 Å². The van der Waals surface area contributed by atoms with Gasteiger partial charge in [0, 0.05) is 35.7 Å². The molecule has 0 radical (unpaired) electrons. The van der Waals surface area contributed by atoms with Crippen LogP contribution in [0.4, 0.5) is 11.8 Å². The zero-order valence-corrected chi connectivity index (χ0v) is 23.9. The van der Waals surface area contributed by atoms with E-state index >= 15 is 0 Å². The number of benzene rings is 1. The fourth-order valence-electron chi connectivity index (χ4n) is 6.02. The van der Waals surface area contributed by atoms with Gasteiger partial charge in [0.05, 0.1) is 11.6 Å². The summed E-state index contributed by atoms with van der Waals surface area (Å²) in [7, 11) is 0. The second kappa shape index (κ2) is 11.8. The number of anilines is 2. The van der Waals surface area contributed by atoms with E-state index < -0.39 is 0 Å². The molecule has 3 aromatic rings. The summed E-state index contributed by atoms with van der Waals surface area (Å²) in [5.74, 6) is 4.01. The van der Waals surface area contributed by atoms with Gasteiger partial charge in [0.15, 0.2) is 10.6 Å². The molecule has 2 aromatic heterocycles. The van der Waals surface area contributed by atoms with Gasteiger partial charge >= 0.3 is 6.15 Å². The zero-order valence-electron chi connectivity index (χ0n) is 21.6. The van der Waals surface area contributed by atoms with Gasteiger partial charge in [0.2, 0.25) is 5.95 Å². The Bertz CT molecular complexity index is 1300. The molecule has 4 heterocycles. The molecule has 202 valence electrons. The number of fused-ring (bicyclic) bond motifs is 1. The first-order valence-electron chi connectivity index (χ1n) is 13.2. The Morgan fingerprint density at radius 1 is 1.13 bits per heavy atom. The summed E-state index contributed by atoms with van der Waals surface area (Å²) in [6.45, 7) is 9.11. The number of carbonyl (C=O) groups excluding carboxylic acids is 2. The Hall–Kier alpha value is -2.29. The highest BCUT2D eigenvalue weighted by Gasteiger charge is 2.40. The van der Waals surface area contributed by atoms with E-state index in [1.54, 1.807) is 17.4 Å². The Morgan fingerprint density at radius 3 is 2.61 bits per heavy atom. The first-order valence-corrected chi connectivity index (χ1v) is 14.8. The molecule has 2 saturated heterocycles. The van der Waals surface area contributed by atoms with Gasteiger partial charge in [-0.1, -0.05) is 36.2 Å². The average Bonchev–Trinajstić information content (AvgIpc) is 3.31. The number of thiazole rings is 1. The van der Waals surface area contributed by atoms with Crippen LogP contribution in [0.1, 0.15) is 51.1 Å². The van der Waals surface area contributed by atoms with Crippen LogP contribution in [0.5, 0.6) is 0 Å². The third-order valence-electron chi connectivity index (χ3n) is 8.18. The molecule has 1 saturated carbocycles. The Balaban J connectivity index is 0.000000937. The summed E-state index contributed by atoms with van der Waals surface area (Å²) in [5.41, 5.74) is 3.63. The molecule has 1 N–H and O–H groups in total. The lowest BCUT2D eigenvalue weighted by Gasteiger charge is -2.50. The molecule has 0 amide bonds. The van der Waals surface area contributed by atoms with E-state index in [2.05, 4.69) is 33.9 Å². The Kier molecular flexibility index (Phi) is 8.50. The summed E-state index contributed by atoms with van der Waals surface area (Å²) in [6.07, 6.45) is 5.73. The van der Waals surface area contributed by atoms with Gasteiger partial charge in [-0.3, -0.25) is 0 Å². The lowest BCUT2D eigenvalue weighted by Crippen LogP contribution is -2.56. The topological polar surface area (TPSA) is 91.3 Å². The first kappa shape index (κ1) is 27.3. The Labute approximate surface area is 236 Å². The number of aromatic nitrogens is 3. The zero-order chi connectivity index (χ0) is 26.8. The second-order valence-electron chi connectivity index (χ2n) is 10.8. The number of hydrogen-bond acceptors (Lipinski definition) is 9.